The van der Waals surface area contributed by atoms with Crippen molar-refractivity contribution in [3.63, 3.8) is 0 Å². The van der Waals surface area contributed by atoms with Crippen molar-refractivity contribution in [2.75, 3.05) is 20.2 Å². The maximum Gasteiger partial charge on any atom is 0.410 e. The van der Waals surface area contributed by atoms with E-state index in [1.54, 1.807) is 22.3 Å². The molecule has 4 unspecified atom stereocenters. The van der Waals surface area contributed by atoms with E-state index in [-0.39, 0.29) is 30.0 Å². The molecule has 352 valence electrons. The highest BCUT2D eigenvalue weighted by atomic mass is 32.1. The van der Waals surface area contributed by atoms with Gasteiger partial charge in [0.1, 0.15) is 29.0 Å². The Bertz CT molecular complexity index is 2870. The quantitative estimate of drug-likeness (QED) is 0.116. The number of halogens is 1. The van der Waals surface area contributed by atoms with Gasteiger partial charge in [0, 0.05) is 53.6 Å². The van der Waals surface area contributed by atoms with Gasteiger partial charge in [0.2, 0.25) is 12.1 Å². The van der Waals surface area contributed by atoms with Crippen LogP contribution in [0.2, 0.25) is 0 Å². The van der Waals surface area contributed by atoms with Gasteiger partial charge in [-0.25, -0.2) is 23.9 Å². The number of hydrogen-bond donors (Lipinski definition) is 3. The minimum Gasteiger partial charge on any atom is -0.464 e. The highest BCUT2D eigenvalue weighted by Crippen LogP contribution is 2.49. The number of benzene rings is 2. The van der Waals surface area contributed by atoms with Crippen molar-refractivity contribution in [1.82, 2.24) is 39.6 Å². The lowest BCUT2D eigenvalue weighted by molar-refractivity contribution is -0.135. The van der Waals surface area contributed by atoms with Crippen LogP contribution in [0.5, 0.6) is 5.75 Å². The molecule has 67 heavy (non-hydrogen) atoms. The third kappa shape index (κ3) is 8.57. The number of nitrogens with one attached hydrogen (secondary N) is 3. The Balaban J connectivity index is 0.997. The monoisotopic (exact) mass is 930 g/mol. The van der Waals surface area contributed by atoms with Gasteiger partial charge in [-0.3, -0.25) is 14.3 Å². The molecule has 7 heterocycles. The molecule has 1 aliphatic carbocycles. The third-order valence-corrected chi connectivity index (χ3v) is 14.6. The minimum atomic E-state index is -0.739. The lowest BCUT2D eigenvalue weighted by Crippen LogP contribution is -2.51. The number of aromatic amines is 2. The van der Waals surface area contributed by atoms with E-state index in [0.29, 0.717) is 53.8 Å². The summed E-state index contributed by atoms with van der Waals surface area (Å²) in [6, 6.07) is 12.6. The van der Waals surface area contributed by atoms with Crippen LogP contribution in [0.25, 0.3) is 44.7 Å². The molecule has 3 fully saturated rings. The number of aryl methyl sites for hydroxylation is 1. The first kappa shape index (κ1) is 44.7. The Morgan fingerprint density at radius 2 is 1.72 bits per heavy atom. The molecule has 0 radical (unpaired) electrons. The van der Waals surface area contributed by atoms with Crippen molar-refractivity contribution in [2.24, 2.45) is 11.8 Å². The van der Waals surface area contributed by atoms with E-state index >= 15 is 4.39 Å². The number of rotatable bonds is 11. The molecule has 16 heteroatoms. The van der Waals surface area contributed by atoms with Gasteiger partial charge < -0.3 is 34.4 Å². The van der Waals surface area contributed by atoms with Gasteiger partial charge in [-0.15, -0.1) is 11.3 Å². The molecule has 0 bridgehead atoms. The summed E-state index contributed by atoms with van der Waals surface area (Å²) < 4.78 is 36.7. The second-order valence-corrected chi connectivity index (χ2v) is 21.0. The molecule has 10 rings (SSSR count). The van der Waals surface area contributed by atoms with Gasteiger partial charge in [-0.2, -0.15) is 0 Å². The van der Waals surface area contributed by atoms with Crippen LogP contribution in [0.1, 0.15) is 125 Å². The molecule has 4 atom stereocenters. The van der Waals surface area contributed by atoms with Crippen LogP contribution >= 0.6 is 11.3 Å². The van der Waals surface area contributed by atoms with Crippen molar-refractivity contribution in [2.45, 2.75) is 123 Å². The van der Waals surface area contributed by atoms with Gasteiger partial charge in [0.05, 0.1) is 57.7 Å². The van der Waals surface area contributed by atoms with E-state index in [1.807, 2.05) is 70.1 Å². The Morgan fingerprint density at radius 1 is 0.940 bits per heavy atom. The van der Waals surface area contributed by atoms with E-state index in [9.17, 15) is 14.4 Å². The van der Waals surface area contributed by atoms with Crippen LogP contribution in [0, 0.1) is 17.7 Å². The molecule has 2 saturated heterocycles. The predicted molar refractivity (Wildman–Crippen MR) is 254 cm³/mol. The molecule has 4 aromatic heterocycles. The standard InChI is InChI=1S/C51H59FN8O6S/c1-8-29-22-34(55-45(29)37-11-9-17-58(37)47(61)44(27(2)3)57-49(62)64-7)31-21-33(52)43-39-23-32-20-30(35-25-54-46(56-35)38-12-10-18-59(38)50(63)66-51(4,5)6)15-16-36(32)60(39)48(65-40(43)24-31)41-26-53-42(67-41)19-28-13-14-28/h15-16,20-28,37-38,44,48,55H,8-14,17-19H2,1-7H3,(H,54,56)(H,57,62). The molecule has 1 saturated carbocycles. The predicted octanol–water partition coefficient (Wildman–Crippen LogP) is 10.9. The maximum atomic E-state index is 17.1. The highest BCUT2D eigenvalue weighted by Gasteiger charge is 2.39. The van der Waals surface area contributed by atoms with E-state index < -0.39 is 29.8 Å². The number of nitrogens with zero attached hydrogens (tertiary/aromatic N) is 5. The van der Waals surface area contributed by atoms with Crippen LogP contribution in [0.15, 0.2) is 54.9 Å². The number of H-pyrrole nitrogens is 2. The molecule has 3 aliphatic heterocycles. The second-order valence-electron chi connectivity index (χ2n) is 19.8. The zero-order chi connectivity index (χ0) is 46.9. The second kappa shape index (κ2) is 17.5. The topological polar surface area (TPSA) is 160 Å². The number of amides is 3. The van der Waals surface area contributed by atoms with Crippen LogP contribution in [-0.2, 0) is 27.1 Å². The number of alkyl carbamates (subject to hydrolysis) is 1. The number of carbonyl (C=O) groups is 3. The van der Waals surface area contributed by atoms with Crippen molar-refractivity contribution in [3.8, 4) is 39.5 Å². The van der Waals surface area contributed by atoms with Crippen molar-refractivity contribution < 1.29 is 33.0 Å². The molecule has 0 spiro atoms. The summed E-state index contributed by atoms with van der Waals surface area (Å²) in [4.78, 5) is 60.6. The molecule has 14 nitrogen and oxygen atoms in total. The first-order valence-electron chi connectivity index (χ1n) is 23.7. The van der Waals surface area contributed by atoms with E-state index in [1.165, 1.54) is 20.0 Å². The smallest absolute Gasteiger partial charge is 0.410 e. The number of ether oxygens (including phenoxy) is 3. The minimum absolute atomic E-state index is 0.151. The first-order chi connectivity index (χ1) is 32.2. The number of methoxy groups -OCH3 is 1. The molecule has 2 aromatic carbocycles. The van der Waals surface area contributed by atoms with Gasteiger partial charge in [0.15, 0.2) is 0 Å². The Morgan fingerprint density at radius 3 is 2.45 bits per heavy atom. The number of hydrogen-bond acceptors (Lipinski definition) is 9. The number of aromatic nitrogens is 5. The molecule has 6 aromatic rings. The zero-order valence-corrected chi connectivity index (χ0v) is 40.0. The zero-order valence-electron chi connectivity index (χ0n) is 39.2. The lowest BCUT2D eigenvalue weighted by Gasteiger charge is -2.31. The average Bonchev–Trinajstić information content (AvgIpc) is 4.00. The Kier molecular flexibility index (Phi) is 11.7. The summed E-state index contributed by atoms with van der Waals surface area (Å²) in [5, 5.41) is 4.72. The largest absolute Gasteiger partial charge is 0.464 e. The molecular weight excluding hydrogens is 872 g/mol. The Hall–Kier alpha value is -6.16. The van der Waals surface area contributed by atoms with Gasteiger partial charge >= 0.3 is 12.2 Å². The fraction of sp³-hybridized carbons (Fsp3) is 0.471. The van der Waals surface area contributed by atoms with Crippen molar-refractivity contribution in [1.29, 1.82) is 0 Å². The molecule has 4 aliphatic rings. The number of thiazole rings is 1. The Labute approximate surface area is 393 Å². The number of carbonyl (C=O) groups excluding carboxylic acids is 3. The van der Waals surface area contributed by atoms with Crippen molar-refractivity contribution in [3.05, 3.63) is 87.6 Å². The van der Waals surface area contributed by atoms with Crippen LogP contribution < -0.4 is 10.1 Å². The lowest BCUT2D eigenvalue weighted by atomic mass is 10.0. The average molecular weight is 931 g/mol. The SMILES string of the molecule is CCc1cc(-c2cc(F)c3c(c2)OC(c2cnc(CC4CC4)s2)n2c-3cc3cc(-c4cnc(C5CCCN5C(=O)OC(C)(C)C)[nH]4)ccc32)[nH]c1C1CCCN1C(=O)C(NC(=O)OC)C(C)C. The number of likely N-dealkylation sites (tertiary alicyclic amines) is 2. The summed E-state index contributed by atoms with van der Waals surface area (Å²) in [6.07, 6.45) is 9.43. The van der Waals surface area contributed by atoms with Gasteiger partial charge in [0.25, 0.3) is 0 Å². The highest BCUT2D eigenvalue weighted by molar-refractivity contribution is 7.11. The summed E-state index contributed by atoms with van der Waals surface area (Å²) in [5.41, 5.74) is 6.40. The first-order valence-corrected chi connectivity index (χ1v) is 24.5. The summed E-state index contributed by atoms with van der Waals surface area (Å²) in [7, 11) is 1.29. The summed E-state index contributed by atoms with van der Waals surface area (Å²) >= 11 is 1.65. The van der Waals surface area contributed by atoms with Gasteiger partial charge in [-0.05, 0) is 120 Å². The molecular formula is C51H59FN8O6S. The molecule has 3 amide bonds. The van der Waals surface area contributed by atoms with E-state index in [0.717, 1.165) is 81.1 Å². The maximum absolute atomic E-state index is 17.1. The van der Waals surface area contributed by atoms with E-state index in [2.05, 4.69) is 45.0 Å². The van der Waals surface area contributed by atoms with Crippen LogP contribution in [-0.4, -0.2) is 84.2 Å². The van der Waals surface area contributed by atoms with E-state index in [4.69, 9.17) is 24.2 Å². The van der Waals surface area contributed by atoms with Crippen molar-refractivity contribution >= 4 is 40.3 Å². The fourth-order valence-electron chi connectivity index (χ4n) is 10.1. The normalized spacial score (nSPS) is 19.7. The summed E-state index contributed by atoms with van der Waals surface area (Å²) in [6.45, 7) is 12.7. The van der Waals surface area contributed by atoms with Gasteiger partial charge in [-0.1, -0.05) is 26.8 Å². The molecule has 3 N–H and O–H groups in total. The number of imidazole rings is 1. The fourth-order valence-corrected chi connectivity index (χ4v) is 11.2. The van der Waals surface area contributed by atoms with Crippen LogP contribution in [0.4, 0.5) is 14.0 Å². The summed E-state index contributed by atoms with van der Waals surface area (Å²) in [5.74, 6) is 1.08. The third-order valence-electron chi connectivity index (χ3n) is 13.6. The number of fused-ring (bicyclic) bond motifs is 5. The van der Waals surface area contributed by atoms with Crippen LogP contribution in [0.3, 0.4) is 0 Å².